The Kier molecular flexibility index (Phi) is 3.61. The van der Waals surface area contributed by atoms with E-state index in [1.165, 1.54) is 0 Å². The second-order valence-corrected chi connectivity index (χ2v) is 4.45. The first kappa shape index (κ1) is 12.6. The zero-order chi connectivity index (χ0) is 13.1. The summed E-state index contributed by atoms with van der Waals surface area (Å²) in [6.45, 7) is -0.197. The van der Waals surface area contributed by atoms with Crippen molar-refractivity contribution in [2.75, 3.05) is 6.61 Å². The van der Waals surface area contributed by atoms with Crippen LogP contribution < -0.4 is 10.6 Å². The number of imide groups is 1. The third-order valence-electron chi connectivity index (χ3n) is 2.33. The molecular weight excluding hydrogens is 304 g/mol. The minimum Gasteiger partial charge on any atom is -0.459 e. The summed E-state index contributed by atoms with van der Waals surface area (Å²) in [6.07, 6.45) is 0. The van der Waals surface area contributed by atoms with Crippen LogP contribution in [0.1, 0.15) is 10.4 Å². The number of nitrogens with one attached hydrogen (secondary N) is 2. The van der Waals surface area contributed by atoms with Crippen LogP contribution >= 0.6 is 15.9 Å². The molecule has 1 atom stereocenters. The molecule has 3 amide bonds. The van der Waals surface area contributed by atoms with Gasteiger partial charge in [0.2, 0.25) is 0 Å². The van der Waals surface area contributed by atoms with Crippen molar-refractivity contribution < 1.29 is 19.1 Å². The second-order valence-electron chi connectivity index (χ2n) is 3.59. The summed E-state index contributed by atoms with van der Waals surface area (Å²) in [6, 6.07) is 5.36. The first-order chi connectivity index (χ1) is 8.58. The monoisotopic (exact) mass is 312 g/mol. The van der Waals surface area contributed by atoms with Crippen molar-refractivity contribution >= 4 is 33.8 Å². The number of rotatable bonds is 3. The first-order valence-electron chi connectivity index (χ1n) is 5.11. The highest BCUT2D eigenvalue weighted by Crippen LogP contribution is 2.16. The summed E-state index contributed by atoms with van der Waals surface area (Å²) in [5.41, 5.74) is 0.363. The number of amides is 3. The zero-order valence-corrected chi connectivity index (χ0v) is 10.7. The summed E-state index contributed by atoms with van der Waals surface area (Å²) in [5, 5.41) is 4.39. The Morgan fingerprint density at radius 2 is 2.06 bits per heavy atom. The molecule has 0 aliphatic carbocycles. The molecule has 0 saturated carbocycles. The average Bonchev–Trinajstić information content (AvgIpc) is 2.65. The molecule has 18 heavy (non-hydrogen) atoms. The third kappa shape index (κ3) is 2.67. The van der Waals surface area contributed by atoms with E-state index in [0.717, 1.165) is 0 Å². The normalized spacial score (nSPS) is 18.2. The van der Waals surface area contributed by atoms with E-state index in [-0.39, 0.29) is 6.61 Å². The number of esters is 1. The SMILES string of the molecule is O=C1NC(=O)C(COC(=O)c2ccccc2Br)N1. The summed E-state index contributed by atoms with van der Waals surface area (Å²) in [5.74, 6) is -1.06. The molecule has 0 aromatic heterocycles. The molecular formula is C11H9BrN2O4. The molecule has 94 valence electrons. The van der Waals surface area contributed by atoms with Gasteiger partial charge in [0, 0.05) is 4.47 Å². The lowest BCUT2D eigenvalue weighted by Gasteiger charge is -2.09. The molecule has 0 bridgehead atoms. The number of carbonyl (C=O) groups excluding carboxylic acids is 3. The molecule has 7 heteroatoms. The van der Waals surface area contributed by atoms with E-state index >= 15 is 0 Å². The Morgan fingerprint density at radius 1 is 1.33 bits per heavy atom. The van der Waals surface area contributed by atoms with E-state index in [1.54, 1.807) is 24.3 Å². The lowest BCUT2D eigenvalue weighted by molar-refractivity contribution is -0.120. The van der Waals surface area contributed by atoms with E-state index in [9.17, 15) is 14.4 Å². The van der Waals surface area contributed by atoms with Crippen LogP contribution in [-0.4, -0.2) is 30.6 Å². The van der Waals surface area contributed by atoms with E-state index in [4.69, 9.17) is 4.74 Å². The van der Waals surface area contributed by atoms with Crippen molar-refractivity contribution in [2.24, 2.45) is 0 Å². The molecule has 1 unspecified atom stereocenters. The lowest BCUT2D eigenvalue weighted by atomic mass is 10.2. The minimum absolute atomic E-state index is 0.197. The average molecular weight is 313 g/mol. The fraction of sp³-hybridized carbons (Fsp3) is 0.182. The number of urea groups is 1. The number of hydrogen-bond donors (Lipinski definition) is 2. The number of halogens is 1. The predicted molar refractivity (Wildman–Crippen MR) is 64.9 cm³/mol. The number of hydrogen-bond acceptors (Lipinski definition) is 4. The third-order valence-corrected chi connectivity index (χ3v) is 3.02. The van der Waals surface area contributed by atoms with Crippen LogP contribution in [0.4, 0.5) is 4.79 Å². The van der Waals surface area contributed by atoms with Gasteiger partial charge in [-0.1, -0.05) is 12.1 Å². The van der Waals surface area contributed by atoms with Gasteiger partial charge >= 0.3 is 12.0 Å². The second kappa shape index (κ2) is 5.18. The van der Waals surface area contributed by atoms with Gasteiger partial charge in [0.1, 0.15) is 12.6 Å². The number of ether oxygens (including phenoxy) is 1. The molecule has 6 nitrogen and oxygen atoms in total. The van der Waals surface area contributed by atoms with Crippen molar-refractivity contribution in [3.8, 4) is 0 Å². The molecule has 2 N–H and O–H groups in total. The number of benzene rings is 1. The molecule has 1 aromatic carbocycles. The van der Waals surface area contributed by atoms with Crippen LogP contribution in [0.5, 0.6) is 0 Å². The molecule has 1 fully saturated rings. The fourth-order valence-electron chi connectivity index (χ4n) is 1.44. The van der Waals surface area contributed by atoms with Crippen LogP contribution in [0.2, 0.25) is 0 Å². The maximum absolute atomic E-state index is 11.7. The summed E-state index contributed by atoms with van der Waals surface area (Å²) in [4.78, 5) is 33.8. The van der Waals surface area contributed by atoms with Gasteiger partial charge < -0.3 is 10.1 Å². The van der Waals surface area contributed by atoms with Crippen molar-refractivity contribution in [3.05, 3.63) is 34.3 Å². The maximum atomic E-state index is 11.7. The van der Waals surface area contributed by atoms with Gasteiger partial charge in [-0.25, -0.2) is 9.59 Å². The zero-order valence-electron chi connectivity index (χ0n) is 9.10. The molecule has 0 spiro atoms. The van der Waals surface area contributed by atoms with Crippen LogP contribution in [0, 0.1) is 0 Å². The fourth-order valence-corrected chi connectivity index (χ4v) is 1.89. The molecule has 1 aromatic rings. The quantitative estimate of drug-likeness (QED) is 0.639. The lowest BCUT2D eigenvalue weighted by Crippen LogP contribution is -2.34. The largest absolute Gasteiger partial charge is 0.459 e. The van der Waals surface area contributed by atoms with Gasteiger partial charge in [-0.15, -0.1) is 0 Å². The highest BCUT2D eigenvalue weighted by molar-refractivity contribution is 9.10. The molecule has 1 aliphatic heterocycles. The van der Waals surface area contributed by atoms with E-state index in [2.05, 4.69) is 26.6 Å². The molecule has 1 heterocycles. The van der Waals surface area contributed by atoms with Gasteiger partial charge in [-0.2, -0.15) is 0 Å². The van der Waals surface area contributed by atoms with Gasteiger partial charge in [-0.3, -0.25) is 10.1 Å². The van der Waals surface area contributed by atoms with Crippen molar-refractivity contribution in [3.63, 3.8) is 0 Å². The van der Waals surface area contributed by atoms with Gasteiger partial charge in [0.15, 0.2) is 0 Å². The summed E-state index contributed by atoms with van der Waals surface area (Å²) in [7, 11) is 0. The number of carbonyl (C=O) groups is 3. The highest BCUT2D eigenvalue weighted by Gasteiger charge is 2.30. The topological polar surface area (TPSA) is 84.5 Å². The van der Waals surface area contributed by atoms with E-state index < -0.39 is 23.9 Å². The Balaban J connectivity index is 1.95. The minimum atomic E-state index is -0.830. The molecule has 0 radical (unpaired) electrons. The molecule has 1 aliphatic rings. The standard InChI is InChI=1S/C11H9BrN2O4/c12-7-4-2-1-3-6(7)10(16)18-5-8-9(15)14-11(17)13-8/h1-4,8H,5H2,(H2,13,14,15,17). The molecule has 2 rings (SSSR count). The summed E-state index contributed by atoms with van der Waals surface area (Å²) >= 11 is 3.22. The molecule has 1 saturated heterocycles. The Labute approximate surface area is 111 Å². The van der Waals surface area contributed by atoms with Crippen LogP contribution in [0.15, 0.2) is 28.7 Å². The smallest absolute Gasteiger partial charge is 0.339 e. The van der Waals surface area contributed by atoms with E-state index in [1.807, 2.05) is 0 Å². The van der Waals surface area contributed by atoms with Gasteiger partial charge in [0.05, 0.1) is 5.56 Å². The van der Waals surface area contributed by atoms with Crippen molar-refractivity contribution in [2.45, 2.75) is 6.04 Å². The van der Waals surface area contributed by atoms with Crippen LogP contribution in [-0.2, 0) is 9.53 Å². The highest BCUT2D eigenvalue weighted by atomic mass is 79.9. The van der Waals surface area contributed by atoms with Crippen LogP contribution in [0.3, 0.4) is 0 Å². The van der Waals surface area contributed by atoms with Gasteiger partial charge in [-0.05, 0) is 28.1 Å². The Bertz CT molecular complexity index is 518. The Morgan fingerprint density at radius 3 is 2.67 bits per heavy atom. The van der Waals surface area contributed by atoms with Crippen molar-refractivity contribution in [1.29, 1.82) is 0 Å². The first-order valence-corrected chi connectivity index (χ1v) is 5.90. The van der Waals surface area contributed by atoms with Gasteiger partial charge in [0.25, 0.3) is 5.91 Å². The summed E-state index contributed by atoms with van der Waals surface area (Å²) < 4.78 is 5.57. The van der Waals surface area contributed by atoms with Crippen LogP contribution in [0.25, 0.3) is 0 Å². The van der Waals surface area contributed by atoms with E-state index in [0.29, 0.717) is 10.0 Å². The predicted octanol–water partition coefficient (Wildman–Crippen LogP) is 0.814. The Hall–Kier alpha value is -1.89. The van der Waals surface area contributed by atoms with Crippen molar-refractivity contribution in [1.82, 2.24) is 10.6 Å². The maximum Gasteiger partial charge on any atom is 0.339 e.